The predicted molar refractivity (Wildman–Crippen MR) is 63.7 cm³/mol. The molecule has 0 fully saturated rings. The smallest absolute Gasteiger partial charge is 0.302 e. The van der Waals surface area contributed by atoms with Crippen molar-refractivity contribution in [3.63, 3.8) is 0 Å². The Hall–Kier alpha value is -1.05. The zero-order chi connectivity index (χ0) is 11.4. The Labute approximate surface area is 93.0 Å². The number of rotatable bonds is 8. The fourth-order valence-corrected chi connectivity index (χ4v) is 1.17. The van der Waals surface area contributed by atoms with Crippen LogP contribution in [0.3, 0.4) is 0 Å². The normalized spacial score (nSPS) is 11.3. The summed E-state index contributed by atoms with van der Waals surface area (Å²) in [6.07, 6.45) is 14.0. The quantitative estimate of drug-likeness (QED) is 0.347. The highest BCUT2D eigenvalue weighted by Gasteiger charge is 1.91. The second-order valence-electron chi connectivity index (χ2n) is 3.45. The fourth-order valence-electron chi connectivity index (χ4n) is 1.17. The van der Waals surface area contributed by atoms with Crippen LogP contribution < -0.4 is 0 Å². The number of esters is 1. The second-order valence-corrected chi connectivity index (χ2v) is 3.45. The zero-order valence-corrected chi connectivity index (χ0v) is 9.87. The molecule has 0 atom stereocenters. The Balaban J connectivity index is 3.12. The molecular weight excluding hydrogens is 188 g/mol. The van der Waals surface area contributed by atoms with Gasteiger partial charge in [0.1, 0.15) is 0 Å². The molecule has 0 aromatic rings. The molecule has 0 rings (SSSR count). The number of hydrogen-bond donors (Lipinski definition) is 0. The minimum atomic E-state index is -0.183. The molecule has 0 radical (unpaired) electrons. The lowest BCUT2D eigenvalue weighted by atomic mass is 10.2. The van der Waals surface area contributed by atoms with Crippen molar-refractivity contribution in [3.8, 4) is 0 Å². The van der Waals surface area contributed by atoms with Crippen molar-refractivity contribution >= 4 is 5.97 Å². The standard InChI is InChI=1S/C13H22O2/c1-3-4-5-6-7-8-9-10-11-12-15-13(2)14/h3-4,7-8H,5-6,9-12H2,1-2H3. The van der Waals surface area contributed by atoms with E-state index in [0.717, 1.165) is 32.1 Å². The SMILES string of the molecule is CC=CCCC=CCCCCOC(C)=O. The molecule has 0 aromatic carbocycles. The summed E-state index contributed by atoms with van der Waals surface area (Å²) in [5.74, 6) is -0.183. The third-order valence-corrected chi connectivity index (χ3v) is 1.97. The molecule has 0 amide bonds. The highest BCUT2D eigenvalue weighted by atomic mass is 16.5. The molecule has 0 aliphatic carbocycles. The van der Waals surface area contributed by atoms with E-state index in [0.29, 0.717) is 6.61 Å². The molecule has 0 bridgehead atoms. The minimum absolute atomic E-state index is 0.183. The first-order chi connectivity index (χ1) is 7.27. The van der Waals surface area contributed by atoms with Gasteiger partial charge in [0.2, 0.25) is 0 Å². The number of hydrogen-bond acceptors (Lipinski definition) is 2. The van der Waals surface area contributed by atoms with Crippen molar-refractivity contribution in [1.29, 1.82) is 0 Å². The van der Waals surface area contributed by atoms with E-state index in [2.05, 4.69) is 24.3 Å². The van der Waals surface area contributed by atoms with Crippen LogP contribution in [-0.2, 0) is 9.53 Å². The van der Waals surface area contributed by atoms with Gasteiger partial charge in [0.25, 0.3) is 0 Å². The van der Waals surface area contributed by atoms with Crippen LogP contribution in [0.15, 0.2) is 24.3 Å². The fraction of sp³-hybridized carbons (Fsp3) is 0.615. The predicted octanol–water partition coefficient (Wildman–Crippen LogP) is 3.63. The van der Waals surface area contributed by atoms with Crippen LogP contribution in [0.25, 0.3) is 0 Å². The maximum absolute atomic E-state index is 10.4. The van der Waals surface area contributed by atoms with Gasteiger partial charge < -0.3 is 4.74 Å². The van der Waals surface area contributed by atoms with Crippen LogP contribution in [-0.4, -0.2) is 12.6 Å². The molecule has 0 saturated carbocycles. The van der Waals surface area contributed by atoms with E-state index >= 15 is 0 Å². The van der Waals surface area contributed by atoms with Crippen LogP contribution in [0, 0.1) is 0 Å². The Bertz CT molecular complexity index is 205. The first-order valence-corrected chi connectivity index (χ1v) is 5.67. The highest BCUT2D eigenvalue weighted by molar-refractivity contribution is 5.65. The van der Waals surface area contributed by atoms with Gasteiger partial charge in [0.05, 0.1) is 6.61 Å². The Kier molecular flexibility index (Phi) is 10.3. The van der Waals surface area contributed by atoms with Crippen LogP contribution in [0.4, 0.5) is 0 Å². The van der Waals surface area contributed by atoms with Gasteiger partial charge in [-0.25, -0.2) is 0 Å². The largest absolute Gasteiger partial charge is 0.466 e. The summed E-state index contributed by atoms with van der Waals surface area (Å²) in [4.78, 5) is 10.4. The number of allylic oxidation sites excluding steroid dienone is 4. The Morgan fingerprint density at radius 1 is 1.07 bits per heavy atom. The number of carbonyl (C=O) groups excluding carboxylic acids is 1. The Morgan fingerprint density at radius 3 is 2.40 bits per heavy atom. The molecule has 86 valence electrons. The number of unbranched alkanes of at least 4 members (excludes halogenated alkanes) is 3. The number of ether oxygens (including phenoxy) is 1. The molecule has 15 heavy (non-hydrogen) atoms. The summed E-state index contributed by atoms with van der Waals surface area (Å²) in [6, 6.07) is 0. The molecule has 0 saturated heterocycles. The van der Waals surface area contributed by atoms with Crippen molar-refractivity contribution < 1.29 is 9.53 Å². The lowest BCUT2D eigenvalue weighted by Crippen LogP contribution is -1.99. The molecule has 0 spiro atoms. The van der Waals surface area contributed by atoms with Crippen LogP contribution in [0.1, 0.15) is 46.0 Å². The van der Waals surface area contributed by atoms with Gasteiger partial charge in [-0.3, -0.25) is 4.79 Å². The molecule has 0 unspecified atom stereocenters. The van der Waals surface area contributed by atoms with Crippen molar-refractivity contribution in [1.82, 2.24) is 0 Å². The molecule has 0 aliphatic rings. The lowest BCUT2D eigenvalue weighted by Gasteiger charge is -1.99. The molecule has 0 aromatic heterocycles. The topological polar surface area (TPSA) is 26.3 Å². The van der Waals surface area contributed by atoms with Crippen molar-refractivity contribution in [2.24, 2.45) is 0 Å². The Morgan fingerprint density at radius 2 is 1.73 bits per heavy atom. The average Bonchev–Trinajstić information content (AvgIpc) is 2.20. The molecule has 0 aliphatic heterocycles. The van der Waals surface area contributed by atoms with Crippen LogP contribution >= 0.6 is 0 Å². The van der Waals surface area contributed by atoms with E-state index in [9.17, 15) is 4.79 Å². The van der Waals surface area contributed by atoms with Gasteiger partial charge >= 0.3 is 5.97 Å². The summed E-state index contributed by atoms with van der Waals surface area (Å²) in [6.45, 7) is 4.04. The van der Waals surface area contributed by atoms with Crippen LogP contribution in [0.2, 0.25) is 0 Å². The minimum Gasteiger partial charge on any atom is -0.466 e. The van der Waals surface area contributed by atoms with Crippen LogP contribution in [0.5, 0.6) is 0 Å². The first kappa shape index (κ1) is 13.9. The van der Waals surface area contributed by atoms with E-state index in [4.69, 9.17) is 4.74 Å². The zero-order valence-electron chi connectivity index (χ0n) is 9.87. The summed E-state index contributed by atoms with van der Waals surface area (Å²) in [7, 11) is 0. The van der Waals surface area contributed by atoms with Crippen molar-refractivity contribution in [3.05, 3.63) is 24.3 Å². The molecular formula is C13H22O2. The molecule has 0 N–H and O–H groups in total. The number of carbonyl (C=O) groups is 1. The summed E-state index contributed by atoms with van der Waals surface area (Å²) >= 11 is 0. The van der Waals surface area contributed by atoms with Gasteiger partial charge in [-0.2, -0.15) is 0 Å². The van der Waals surface area contributed by atoms with Crippen molar-refractivity contribution in [2.75, 3.05) is 6.61 Å². The van der Waals surface area contributed by atoms with Gasteiger partial charge in [-0.1, -0.05) is 24.3 Å². The van der Waals surface area contributed by atoms with Gasteiger partial charge in [0.15, 0.2) is 0 Å². The van der Waals surface area contributed by atoms with Gasteiger partial charge in [-0.15, -0.1) is 0 Å². The molecule has 0 heterocycles. The van der Waals surface area contributed by atoms with E-state index in [1.807, 2.05) is 6.92 Å². The van der Waals surface area contributed by atoms with E-state index in [1.165, 1.54) is 6.92 Å². The third kappa shape index (κ3) is 12.9. The highest BCUT2D eigenvalue weighted by Crippen LogP contribution is 2.00. The second kappa shape index (κ2) is 11.0. The molecule has 2 heteroatoms. The van der Waals surface area contributed by atoms with E-state index in [-0.39, 0.29) is 5.97 Å². The van der Waals surface area contributed by atoms with E-state index < -0.39 is 0 Å². The summed E-state index contributed by atoms with van der Waals surface area (Å²) in [5, 5.41) is 0. The summed E-state index contributed by atoms with van der Waals surface area (Å²) in [5.41, 5.74) is 0. The monoisotopic (exact) mass is 210 g/mol. The summed E-state index contributed by atoms with van der Waals surface area (Å²) < 4.78 is 4.83. The first-order valence-electron chi connectivity index (χ1n) is 5.67. The average molecular weight is 210 g/mol. The third-order valence-electron chi connectivity index (χ3n) is 1.97. The lowest BCUT2D eigenvalue weighted by molar-refractivity contribution is -0.141. The van der Waals surface area contributed by atoms with Gasteiger partial charge in [0, 0.05) is 6.92 Å². The van der Waals surface area contributed by atoms with E-state index in [1.54, 1.807) is 0 Å². The maximum Gasteiger partial charge on any atom is 0.302 e. The molecule has 2 nitrogen and oxygen atoms in total. The van der Waals surface area contributed by atoms with Gasteiger partial charge in [-0.05, 0) is 39.0 Å². The van der Waals surface area contributed by atoms with Crippen molar-refractivity contribution in [2.45, 2.75) is 46.0 Å². The maximum atomic E-state index is 10.4.